The van der Waals surface area contributed by atoms with Crippen LogP contribution in [0.4, 0.5) is 18.9 Å². The number of halogens is 3. The van der Waals surface area contributed by atoms with Gasteiger partial charge in [-0.15, -0.1) is 0 Å². The van der Waals surface area contributed by atoms with E-state index in [0.717, 1.165) is 24.4 Å². The van der Waals surface area contributed by atoms with Crippen LogP contribution < -0.4 is 4.90 Å². The van der Waals surface area contributed by atoms with Crippen molar-refractivity contribution < 1.29 is 13.2 Å². The van der Waals surface area contributed by atoms with Crippen molar-refractivity contribution in [3.8, 4) is 0 Å². The van der Waals surface area contributed by atoms with Crippen LogP contribution in [0.2, 0.25) is 0 Å². The summed E-state index contributed by atoms with van der Waals surface area (Å²) in [6.45, 7) is 8.86. The van der Waals surface area contributed by atoms with Gasteiger partial charge in [-0.2, -0.15) is 13.2 Å². The van der Waals surface area contributed by atoms with Crippen LogP contribution in [0.1, 0.15) is 33.3 Å². The van der Waals surface area contributed by atoms with Crippen molar-refractivity contribution in [1.82, 2.24) is 0 Å². The van der Waals surface area contributed by atoms with Gasteiger partial charge < -0.3 is 4.90 Å². The molecule has 0 fully saturated rings. The third-order valence-corrected chi connectivity index (χ3v) is 2.63. The first-order valence-electron chi connectivity index (χ1n) is 5.61. The van der Waals surface area contributed by atoms with Crippen molar-refractivity contribution in [3.63, 3.8) is 0 Å². The lowest BCUT2D eigenvalue weighted by atomic mass is 10.0. The largest absolute Gasteiger partial charge is 0.416 e. The Morgan fingerprint density at radius 2 is 1.47 bits per heavy atom. The van der Waals surface area contributed by atoms with E-state index in [1.54, 1.807) is 0 Å². The van der Waals surface area contributed by atoms with Crippen molar-refractivity contribution >= 4 is 5.69 Å². The Morgan fingerprint density at radius 3 is 1.76 bits per heavy atom. The Labute approximate surface area is 100 Å². The number of hydrogen-bond acceptors (Lipinski definition) is 1. The first kappa shape index (κ1) is 13.9. The van der Waals surface area contributed by atoms with Crippen LogP contribution in [0.3, 0.4) is 0 Å². The number of nitrogens with zero attached hydrogens (tertiary/aromatic N) is 1. The second kappa shape index (κ2) is 4.59. The lowest BCUT2D eigenvalue weighted by molar-refractivity contribution is -0.137. The Kier molecular flexibility index (Phi) is 3.74. The molecule has 1 rings (SSSR count). The molecule has 0 atom stereocenters. The molecule has 0 amide bonds. The van der Waals surface area contributed by atoms with Crippen LogP contribution in [-0.4, -0.2) is 12.1 Å². The molecule has 0 saturated heterocycles. The molecule has 1 nitrogen and oxygen atoms in total. The van der Waals surface area contributed by atoms with Crippen molar-refractivity contribution in [3.05, 3.63) is 29.8 Å². The maximum Gasteiger partial charge on any atom is 0.416 e. The van der Waals surface area contributed by atoms with E-state index in [-0.39, 0.29) is 5.54 Å². The minimum absolute atomic E-state index is 0.103. The van der Waals surface area contributed by atoms with Gasteiger partial charge in [-0.1, -0.05) is 0 Å². The zero-order valence-corrected chi connectivity index (χ0v) is 10.6. The first-order chi connectivity index (χ1) is 7.66. The molecule has 1 aromatic carbocycles. The highest BCUT2D eigenvalue weighted by molar-refractivity contribution is 5.49. The molecular weight excluding hydrogens is 227 g/mol. The molecule has 1 aromatic rings. The van der Waals surface area contributed by atoms with Gasteiger partial charge in [-0.05, 0) is 52.0 Å². The summed E-state index contributed by atoms with van der Waals surface area (Å²) in [7, 11) is 0. The van der Waals surface area contributed by atoms with E-state index in [4.69, 9.17) is 0 Å². The molecule has 0 heterocycles. The number of hydrogen-bond donors (Lipinski definition) is 0. The van der Waals surface area contributed by atoms with Gasteiger partial charge in [0.2, 0.25) is 0 Å². The van der Waals surface area contributed by atoms with Crippen LogP contribution >= 0.6 is 0 Å². The van der Waals surface area contributed by atoms with Gasteiger partial charge in [-0.25, -0.2) is 0 Å². The first-order valence-corrected chi connectivity index (χ1v) is 5.61. The number of alkyl halides is 3. The third-order valence-electron chi connectivity index (χ3n) is 2.63. The molecule has 0 aliphatic carbocycles. The van der Waals surface area contributed by atoms with Gasteiger partial charge in [0.25, 0.3) is 0 Å². The van der Waals surface area contributed by atoms with E-state index in [9.17, 15) is 13.2 Å². The average molecular weight is 245 g/mol. The van der Waals surface area contributed by atoms with E-state index in [1.807, 2.05) is 27.7 Å². The van der Waals surface area contributed by atoms with Crippen molar-refractivity contribution in [2.45, 2.75) is 39.4 Å². The Hall–Kier alpha value is -1.19. The van der Waals surface area contributed by atoms with Crippen LogP contribution in [0.25, 0.3) is 0 Å². The standard InChI is InChI=1S/C13H18F3N/c1-5-17(12(2,3)4)11-8-6-10(7-9-11)13(14,15)16/h6-9H,5H2,1-4H3. The van der Waals surface area contributed by atoms with E-state index >= 15 is 0 Å². The Balaban J connectivity index is 3.02. The Bertz CT molecular complexity index is 360. The SMILES string of the molecule is CCN(c1ccc(C(F)(F)F)cc1)C(C)(C)C. The molecule has 0 aliphatic rings. The fourth-order valence-corrected chi connectivity index (χ4v) is 1.87. The maximum absolute atomic E-state index is 12.4. The predicted octanol–water partition coefficient (Wildman–Crippen LogP) is 4.33. The molecule has 0 aromatic heterocycles. The van der Waals surface area contributed by atoms with Crippen molar-refractivity contribution in [2.75, 3.05) is 11.4 Å². The summed E-state index contributed by atoms with van der Waals surface area (Å²) in [5, 5.41) is 0. The number of rotatable bonds is 2. The van der Waals surface area contributed by atoms with E-state index < -0.39 is 11.7 Å². The number of anilines is 1. The summed E-state index contributed by atoms with van der Waals surface area (Å²) in [4.78, 5) is 2.06. The van der Waals surface area contributed by atoms with Gasteiger partial charge in [-0.3, -0.25) is 0 Å². The van der Waals surface area contributed by atoms with Crippen LogP contribution in [0.15, 0.2) is 24.3 Å². The van der Waals surface area contributed by atoms with E-state index in [1.165, 1.54) is 12.1 Å². The highest BCUT2D eigenvalue weighted by Gasteiger charge is 2.30. The minimum Gasteiger partial charge on any atom is -0.367 e. The second-order valence-corrected chi connectivity index (χ2v) is 4.96. The Morgan fingerprint density at radius 1 is 1.00 bits per heavy atom. The molecule has 96 valence electrons. The third kappa shape index (κ3) is 3.38. The summed E-state index contributed by atoms with van der Waals surface area (Å²) in [6, 6.07) is 5.31. The lowest BCUT2D eigenvalue weighted by Gasteiger charge is -2.37. The fourth-order valence-electron chi connectivity index (χ4n) is 1.87. The van der Waals surface area contributed by atoms with Crippen LogP contribution in [-0.2, 0) is 6.18 Å². The summed E-state index contributed by atoms with van der Waals surface area (Å²) in [5.41, 5.74) is 0.105. The molecule has 4 heteroatoms. The normalized spacial score (nSPS) is 12.6. The van der Waals surface area contributed by atoms with E-state index in [2.05, 4.69) is 4.90 Å². The van der Waals surface area contributed by atoms with Gasteiger partial charge in [0.15, 0.2) is 0 Å². The van der Waals surface area contributed by atoms with Gasteiger partial charge in [0.1, 0.15) is 0 Å². The summed E-state index contributed by atoms with van der Waals surface area (Å²) >= 11 is 0. The molecular formula is C13H18F3N. The van der Waals surface area contributed by atoms with Crippen molar-refractivity contribution in [1.29, 1.82) is 0 Å². The van der Waals surface area contributed by atoms with Crippen molar-refractivity contribution in [2.24, 2.45) is 0 Å². The molecule has 17 heavy (non-hydrogen) atoms. The fraction of sp³-hybridized carbons (Fsp3) is 0.538. The summed E-state index contributed by atoms with van der Waals surface area (Å²) in [5.74, 6) is 0. The number of benzene rings is 1. The average Bonchev–Trinajstić information content (AvgIpc) is 2.16. The van der Waals surface area contributed by atoms with Crippen LogP contribution in [0.5, 0.6) is 0 Å². The molecule has 0 bridgehead atoms. The molecule has 0 saturated carbocycles. The van der Waals surface area contributed by atoms with Gasteiger partial charge in [0, 0.05) is 17.8 Å². The topological polar surface area (TPSA) is 3.24 Å². The lowest BCUT2D eigenvalue weighted by Crippen LogP contribution is -2.41. The van der Waals surface area contributed by atoms with Gasteiger partial charge in [0.05, 0.1) is 5.56 Å². The smallest absolute Gasteiger partial charge is 0.367 e. The molecule has 0 aliphatic heterocycles. The quantitative estimate of drug-likeness (QED) is 0.749. The van der Waals surface area contributed by atoms with E-state index in [0.29, 0.717) is 0 Å². The molecule has 0 N–H and O–H groups in total. The maximum atomic E-state index is 12.4. The zero-order chi connectivity index (χ0) is 13.3. The predicted molar refractivity (Wildman–Crippen MR) is 64.2 cm³/mol. The molecule has 0 radical (unpaired) electrons. The highest BCUT2D eigenvalue weighted by Crippen LogP contribution is 2.31. The summed E-state index contributed by atoms with van der Waals surface area (Å²) < 4.78 is 37.3. The monoisotopic (exact) mass is 245 g/mol. The summed E-state index contributed by atoms with van der Waals surface area (Å²) in [6.07, 6.45) is -4.27. The molecule has 0 spiro atoms. The molecule has 0 unspecified atom stereocenters. The highest BCUT2D eigenvalue weighted by atomic mass is 19.4. The zero-order valence-electron chi connectivity index (χ0n) is 10.6. The minimum atomic E-state index is -4.27. The second-order valence-electron chi connectivity index (χ2n) is 4.96. The van der Waals surface area contributed by atoms with Crippen LogP contribution in [0, 0.1) is 0 Å². The van der Waals surface area contributed by atoms with Gasteiger partial charge >= 0.3 is 6.18 Å².